The highest BCUT2D eigenvalue weighted by molar-refractivity contribution is 6.30. The molecule has 0 aromatic heterocycles. The predicted molar refractivity (Wildman–Crippen MR) is 73.4 cm³/mol. The van der Waals surface area contributed by atoms with Crippen molar-refractivity contribution in [2.45, 2.75) is 18.4 Å². The minimum Gasteiger partial charge on any atom is -0.378 e. The Morgan fingerprint density at radius 3 is 3.05 bits per heavy atom. The lowest BCUT2D eigenvalue weighted by molar-refractivity contribution is -0.115. The first-order chi connectivity index (χ1) is 9.26. The minimum atomic E-state index is -0.337. The average molecular weight is 276 g/mol. The third-order valence-corrected chi connectivity index (χ3v) is 3.41. The number of halogens is 1. The van der Waals surface area contributed by atoms with E-state index in [1.54, 1.807) is 0 Å². The Labute approximate surface area is 117 Å². The molecule has 1 aromatic carbocycles. The molecule has 1 atom stereocenters. The summed E-state index contributed by atoms with van der Waals surface area (Å²) in [4.78, 5) is 5.61. The van der Waals surface area contributed by atoms with Crippen molar-refractivity contribution in [1.82, 2.24) is 5.48 Å². The second kappa shape index (κ2) is 5.26. The fourth-order valence-corrected chi connectivity index (χ4v) is 2.42. The molecule has 1 spiro atoms. The number of ether oxygens (including phenoxy) is 1. The van der Waals surface area contributed by atoms with Crippen LogP contribution in [0.15, 0.2) is 36.0 Å². The zero-order chi connectivity index (χ0) is 13.1. The Morgan fingerprint density at radius 1 is 1.32 bits per heavy atom. The van der Waals surface area contributed by atoms with E-state index in [4.69, 9.17) is 21.2 Å². The molecule has 1 saturated heterocycles. The second-order valence-corrected chi connectivity index (χ2v) is 5.18. The van der Waals surface area contributed by atoms with Gasteiger partial charge in [-0.25, -0.2) is 0 Å². The van der Waals surface area contributed by atoms with Gasteiger partial charge in [0.15, 0.2) is 0 Å². The van der Waals surface area contributed by atoms with Crippen LogP contribution in [0.2, 0.25) is 5.02 Å². The Bertz CT molecular complexity index is 565. The molecule has 0 radical (unpaired) electrons. The summed E-state index contributed by atoms with van der Waals surface area (Å²) >= 11 is 5.92. The molecule has 2 aliphatic heterocycles. The number of hydrogen-bond donors (Lipinski definition) is 1. The zero-order valence-electron chi connectivity index (χ0n) is 10.4. The SMILES string of the molecule is Clc1cccc(C#CC2=CC3(CCCOC3)ON2)c1. The van der Waals surface area contributed by atoms with Gasteiger partial charge >= 0.3 is 0 Å². The fraction of sp³-hybridized carbons (Fsp3) is 0.333. The van der Waals surface area contributed by atoms with Crippen molar-refractivity contribution in [2.75, 3.05) is 13.2 Å². The Balaban J connectivity index is 1.76. The molecule has 1 N–H and O–H groups in total. The van der Waals surface area contributed by atoms with Crippen LogP contribution in [0.25, 0.3) is 0 Å². The summed E-state index contributed by atoms with van der Waals surface area (Å²) in [5.74, 6) is 6.12. The Morgan fingerprint density at radius 2 is 2.26 bits per heavy atom. The molecule has 1 fully saturated rings. The van der Waals surface area contributed by atoms with Gasteiger partial charge in [0, 0.05) is 17.2 Å². The average Bonchev–Trinajstić information content (AvgIpc) is 2.80. The molecule has 1 aromatic rings. The Kier molecular flexibility index (Phi) is 3.48. The summed E-state index contributed by atoms with van der Waals surface area (Å²) < 4.78 is 5.46. The van der Waals surface area contributed by atoms with Gasteiger partial charge in [0.25, 0.3) is 0 Å². The minimum absolute atomic E-state index is 0.337. The van der Waals surface area contributed by atoms with Gasteiger partial charge in [0.2, 0.25) is 0 Å². The van der Waals surface area contributed by atoms with Gasteiger partial charge in [-0.2, -0.15) is 0 Å². The molecule has 98 valence electrons. The van der Waals surface area contributed by atoms with E-state index in [1.165, 1.54) is 0 Å². The van der Waals surface area contributed by atoms with Crippen molar-refractivity contribution in [3.05, 3.63) is 46.6 Å². The predicted octanol–water partition coefficient (Wildman–Crippen LogP) is 2.66. The van der Waals surface area contributed by atoms with E-state index >= 15 is 0 Å². The first-order valence-electron chi connectivity index (χ1n) is 6.28. The lowest BCUT2D eigenvalue weighted by atomic mass is 9.96. The maximum absolute atomic E-state index is 5.92. The number of nitrogens with one attached hydrogen (secondary N) is 1. The summed E-state index contributed by atoms with van der Waals surface area (Å²) in [6.07, 6.45) is 3.99. The summed E-state index contributed by atoms with van der Waals surface area (Å²) in [6, 6.07) is 7.48. The summed E-state index contributed by atoms with van der Waals surface area (Å²) in [5.41, 5.74) is 4.21. The van der Waals surface area contributed by atoms with Crippen LogP contribution in [-0.2, 0) is 9.57 Å². The van der Waals surface area contributed by atoms with Gasteiger partial charge in [0.1, 0.15) is 11.3 Å². The maximum Gasteiger partial charge on any atom is 0.140 e. The van der Waals surface area contributed by atoms with E-state index in [2.05, 4.69) is 17.3 Å². The summed E-state index contributed by atoms with van der Waals surface area (Å²) in [6.45, 7) is 1.39. The summed E-state index contributed by atoms with van der Waals surface area (Å²) in [7, 11) is 0. The molecule has 4 heteroatoms. The number of allylic oxidation sites excluding steroid dienone is 1. The third-order valence-electron chi connectivity index (χ3n) is 3.17. The van der Waals surface area contributed by atoms with E-state index in [9.17, 15) is 0 Å². The highest BCUT2D eigenvalue weighted by Gasteiger charge is 2.36. The van der Waals surface area contributed by atoms with Gasteiger partial charge in [0.05, 0.1) is 6.61 Å². The third kappa shape index (κ3) is 2.93. The van der Waals surface area contributed by atoms with Crippen molar-refractivity contribution in [1.29, 1.82) is 0 Å². The first-order valence-corrected chi connectivity index (χ1v) is 6.66. The normalized spacial score (nSPS) is 25.4. The molecule has 0 saturated carbocycles. The molecular weight excluding hydrogens is 262 g/mol. The molecular formula is C15H14ClNO2. The summed E-state index contributed by atoms with van der Waals surface area (Å²) in [5, 5.41) is 0.688. The molecule has 0 bridgehead atoms. The van der Waals surface area contributed by atoms with Crippen molar-refractivity contribution in [2.24, 2.45) is 0 Å². The second-order valence-electron chi connectivity index (χ2n) is 4.74. The number of benzene rings is 1. The standard InChI is InChI=1S/C15H14ClNO2/c16-13-4-1-3-12(9-13)5-6-14-10-15(19-17-14)7-2-8-18-11-15/h1,3-4,9-10,17H,2,7-8,11H2. The quantitative estimate of drug-likeness (QED) is 0.739. The van der Waals surface area contributed by atoms with Crippen LogP contribution in [0.5, 0.6) is 0 Å². The molecule has 1 unspecified atom stereocenters. The van der Waals surface area contributed by atoms with Crippen LogP contribution >= 0.6 is 11.6 Å². The van der Waals surface area contributed by atoms with Gasteiger partial charge in [-0.05, 0) is 43.0 Å². The topological polar surface area (TPSA) is 30.5 Å². The van der Waals surface area contributed by atoms with Crippen LogP contribution in [0.3, 0.4) is 0 Å². The van der Waals surface area contributed by atoms with E-state index in [0.29, 0.717) is 11.6 Å². The number of rotatable bonds is 0. The van der Waals surface area contributed by atoms with E-state index in [0.717, 1.165) is 30.7 Å². The zero-order valence-corrected chi connectivity index (χ0v) is 11.2. The van der Waals surface area contributed by atoms with Crippen molar-refractivity contribution >= 4 is 11.6 Å². The van der Waals surface area contributed by atoms with E-state index in [1.807, 2.05) is 30.3 Å². The van der Waals surface area contributed by atoms with Crippen LogP contribution in [0.1, 0.15) is 18.4 Å². The Hall–Kier alpha value is -1.47. The molecule has 2 aliphatic rings. The monoisotopic (exact) mass is 275 g/mol. The van der Waals surface area contributed by atoms with E-state index < -0.39 is 0 Å². The van der Waals surface area contributed by atoms with Crippen molar-refractivity contribution in [3.8, 4) is 11.8 Å². The fourth-order valence-electron chi connectivity index (χ4n) is 2.23. The highest BCUT2D eigenvalue weighted by Crippen LogP contribution is 2.28. The van der Waals surface area contributed by atoms with Gasteiger partial charge in [-0.3, -0.25) is 10.3 Å². The van der Waals surface area contributed by atoms with Crippen LogP contribution < -0.4 is 5.48 Å². The van der Waals surface area contributed by atoms with Crippen molar-refractivity contribution in [3.63, 3.8) is 0 Å². The lowest BCUT2D eigenvalue weighted by Crippen LogP contribution is -2.38. The highest BCUT2D eigenvalue weighted by atomic mass is 35.5. The largest absolute Gasteiger partial charge is 0.378 e. The van der Waals surface area contributed by atoms with Gasteiger partial charge in [-0.1, -0.05) is 23.6 Å². The number of hydrogen-bond acceptors (Lipinski definition) is 3. The molecule has 3 rings (SSSR count). The van der Waals surface area contributed by atoms with Gasteiger partial charge in [-0.15, -0.1) is 0 Å². The molecule has 2 heterocycles. The van der Waals surface area contributed by atoms with Crippen molar-refractivity contribution < 1.29 is 9.57 Å². The van der Waals surface area contributed by atoms with Gasteiger partial charge < -0.3 is 4.74 Å². The molecule has 0 aliphatic carbocycles. The van der Waals surface area contributed by atoms with Crippen LogP contribution in [0.4, 0.5) is 0 Å². The first kappa shape index (κ1) is 12.6. The lowest BCUT2D eigenvalue weighted by Gasteiger charge is -2.29. The molecule has 0 amide bonds. The number of hydroxylamine groups is 1. The maximum atomic E-state index is 5.92. The molecule has 19 heavy (non-hydrogen) atoms. The van der Waals surface area contributed by atoms with Crippen LogP contribution in [-0.4, -0.2) is 18.8 Å². The molecule has 3 nitrogen and oxygen atoms in total. The smallest absolute Gasteiger partial charge is 0.140 e. The van der Waals surface area contributed by atoms with E-state index in [-0.39, 0.29) is 5.60 Å². The van der Waals surface area contributed by atoms with Crippen LogP contribution in [0, 0.1) is 11.8 Å².